The molecule has 0 atom stereocenters. The number of carbonyl (C=O) groups is 2. The van der Waals surface area contributed by atoms with Crippen LogP contribution in [0.25, 0.3) is 6.08 Å². The van der Waals surface area contributed by atoms with Crippen molar-refractivity contribution < 1.29 is 22.8 Å². The van der Waals surface area contributed by atoms with Crippen LogP contribution >= 0.6 is 11.6 Å². The van der Waals surface area contributed by atoms with Crippen molar-refractivity contribution in [2.75, 3.05) is 17.6 Å². The molecule has 0 spiro atoms. The van der Waals surface area contributed by atoms with Gasteiger partial charge < -0.3 is 16.0 Å². The van der Waals surface area contributed by atoms with Crippen LogP contribution in [-0.4, -0.2) is 23.3 Å². The minimum atomic E-state index is -4.58. The molecule has 5 nitrogen and oxygen atoms in total. The van der Waals surface area contributed by atoms with Crippen molar-refractivity contribution >= 4 is 40.9 Å². The van der Waals surface area contributed by atoms with Crippen LogP contribution in [0.4, 0.5) is 24.5 Å². The number of nitrogens with two attached hydrogens (primary N) is 1. The third-order valence-corrected chi connectivity index (χ3v) is 6.20. The smallest absolute Gasteiger partial charge is 0.397 e. The van der Waals surface area contributed by atoms with Gasteiger partial charge in [-0.1, -0.05) is 41.9 Å². The van der Waals surface area contributed by atoms with E-state index in [1.807, 2.05) is 0 Å². The van der Waals surface area contributed by atoms with E-state index < -0.39 is 11.7 Å². The summed E-state index contributed by atoms with van der Waals surface area (Å²) in [5.41, 5.74) is 7.89. The van der Waals surface area contributed by atoms with Gasteiger partial charge in [-0.05, 0) is 66.4 Å². The molecule has 0 radical (unpaired) electrons. The number of piperidine rings is 1. The van der Waals surface area contributed by atoms with Gasteiger partial charge in [-0.15, -0.1) is 0 Å². The number of nitrogens with zero attached hydrogens (tertiary/aromatic N) is 1. The van der Waals surface area contributed by atoms with Crippen LogP contribution in [0.1, 0.15) is 39.9 Å². The van der Waals surface area contributed by atoms with Gasteiger partial charge in [0.25, 0.3) is 5.91 Å². The molecule has 1 aliphatic heterocycles. The Hall–Kier alpha value is -3.78. The lowest BCUT2D eigenvalue weighted by molar-refractivity contribution is -0.137. The molecule has 0 saturated carbocycles. The highest BCUT2D eigenvalue weighted by Gasteiger charge is 2.33. The third-order valence-electron chi connectivity index (χ3n) is 5.87. The van der Waals surface area contributed by atoms with Gasteiger partial charge in [0.1, 0.15) is 0 Å². The second-order valence-electron chi connectivity index (χ2n) is 8.48. The number of carbonyl (C=O) groups excluding carboxylic acids is 2. The predicted molar refractivity (Wildman–Crippen MR) is 134 cm³/mol. The number of para-hydroxylation sites is 2. The zero-order valence-electron chi connectivity index (χ0n) is 19.1. The lowest BCUT2D eigenvalue weighted by atomic mass is 9.99. The minimum Gasteiger partial charge on any atom is -0.397 e. The molecule has 3 aromatic carbocycles. The number of alkyl halides is 3. The summed E-state index contributed by atoms with van der Waals surface area (Å²) in [4.78, 5) is 27.2. The van der Waals surface area contributed by atoms with E-state index in [-0.39, 0.29) is 22.4 Å². The van der Waals surface area contributed by atoms with E-state index in [2.05, 4.69) is 5.32 Å². The SMILES string of the molecule is Nc1ccccc1NC(=O)c1ccc(CN2CCC/C(=C\c3ccc(Cl)c(C(F)(F)F)c3)C2=O)cc1. The first-order valence-corrected chi connectivity index (χ1v) is 11.6. The van der Waals surface area contributed by atoms with Gasteiger partial charge in [0.15, 0.2) is 0 Å². The van der Waals surface area contributed by atoms with Crippen molar-refractivity contribution in [3.05, 3.63) is 99.6 Å². The fourth-order valence-corrected chi connectivity index (χ4v) is 4.22. The van der Waals surface area contributed by atoms with Crippen LogP contribution < -0.4 is 11.1 Å². The first kappa shape index (κ1) is 25.3. The molecule has 2 amide bonds. The van der Waals surface area contributed by atoms with Gasteiger partial charge in [0, 0.05) is 24.2 Å². The molecule has 186 valence electrons. The van der Waals surface area contributed by atoms with E-state index in [1.54, 1.807) is 53.4 Å². The number of rotatable bonds is 5. The fraction of sp³-hybridized carbons (Fsp3) is 0.185. The number of benzene rings is 3. The zero-order valence-corrected chi connectivity index (χ0v) is 19.9. The number of hydrogen-bond acceptors (Lipinski definition) is 3. The quantitative estimate of drug-likeness (QED) is 0.306. The van der Waals surface area contributed by atoms with E-state index in [9.17, 15) is 22.8 Å². The first-order valence-electron chi connectivity index (χ1n) is 11.2. The average molecular weight is 514 g/mol. The number of hydrogen-bond donors (Lipinski definition) is 2. The summed E-state index contributed by atoms with van der Waals surface area (Å²) in [5, 5.41) is 2.38. The van der Waals surface area contributed by atoms with Crippen molar-refractivity contribution in [1.82, 2.24) is 4.90 Å². The molecule has 1 aliphatic rings. The number of nitrogens with one attached hydrogen (secondary N) is 1. The maximum absolute atomic E-state index is 13.2. The summed E-state index contributed by atoms with van der Waals surface area (Å²) in [6.45, 7) is 0.845. The molecular formula is C27H23ClF3N3O2. The number of likely N-dealkylation sites (tertiary alicyclic amines) is 1. The Morgan fingerprint density at radius 3 is 2.50 bits per heavy atom. The molecule has 36 heavy (non-hydrogen) atoms. The van der Waals surface area contributed by atoms with E-state index in [0.29, 0.717) is 48.4 Å². The highest BCUT2D eigenvalue weighted by Crippen LogP contribution is 2.36. The molecule has 9 heteroatoms. The van der Waals surface area contributed by atoms with E-state index >= 15 is 0 Å². The van der Waals surface area contributed by atoms with Gasteiger partial charge in [0.2, 0.25) is 5.91 Å². The number of anilines is 2. The van der Waals surface area contributed by atoms with Crippen LogP contribution in [-0.2, 0) is 17.5 Å². The minimum absolute atomic E-state index is 0.230. The summed E-state index contributed by atoms with van der Waals surface area (Å²) < 4.78 is 39.5. The maximum atomic E-state index is 13.2. The lowest BCUT2D eigenvalue weighted by Gasteiger charge is -2.28. The molecule has 3 N–H and O–H groups in total. The number of halogens is 4. The van der Waals surface area contributed by atoms with Crippen LogP contribution in [0, 0.1) is 0 Å². The zero-order chi connectivity index (χ0) is 25.9. The second-order valence-corrected chi connectivity index (χ2v) is 8.88. The van der Waals surface area contributed by atoms with Crippen molar-refractivity contribution in [3.63, 3.8) is 0 Å². The van der Waals surface area contributed by atoms with E-state index in [0.717, 1.165) is 11.6 Å². The average Bonchev–Trinajstić information content (AvgIpc) is 2.84. The van der Waals surface area contributed by atoms with Gasteiger partial charge >= 0.3 is 6.18 Å². The molecule has 0 aliphatic carbocycles. The summed E-state index contributed by atoms with van der Waals surface area (Å²) in [5.74, 6) is -0.536. The number of amides is 2. The Kier molecular flexibility index (Phi) is 7.35. The summed E-state index contributed by atoms with van der Waals surface area (Å²) in [6.07, 6.45) is -1.93. The third kappa shape index (κ3) is 5.88. The Labute approximate surface area is 211 Å². The monoisotopic (exact) mass is 513 g/mol. The molecule has 0 unspecified atom stereocenters. The van der Waals surface area contributed by atoms with E-state index in [1.165, 1.54) is 18.2 Å². The summed E-state index contributed by atoms with van der Waals surface area (Å²) >= 11 is 5.70. The first-order chi connectivity index (χ1) is 17.1. The number of nitrogen functional groups attached to an aromatic ring is 1. The van der Waals surface area contributed by atoms with Gasteiger partial charge in [-0.2, -0.15) is 13.2 Å². The molecule has 1 saturated heterocycles. The van der Waals surface area contributed by atoms with E-state index in [4.69, 9.17) is 17.3 Å². The molecule has 0 aromatic heterocycles. The van der Waals surface area contributed by atoms with Crippen molar-refractivity contribution in [1.29, 1.82) is 0 Å². The largest absolute Gasteiger partial charge is 0.417 e. The Morgan fingerprint density at radius 1 is 1.08 bits per heavy atom. The van der Waals surface area contributed by atoms with Crippen molar-refractivity contribution in [2.24, 2.45) is 0 Å². The molecular weight excluding hydrogens is 491 g/mol. The molecule has 1 fully saturated rings. The van der Waals surface area contributed by atoms with Crippen LogP contribution in [0.5, 0.6) is 0 Å². The van der Waals surface area contributed by atoms with Gasteiger partial charge in [-0.3, -0.25) is 9.59 Å². The fourth-order valence-electron chi connectivity index (χ4n) is 4.00. The summed E-state index contributed by atoms with van der Waals surface area (Å²) in [7, 11) is 0. The Balaban J connectivity index is 1.44. The topological polar surface area (TPSA) is 75.4 Å². The molecule has 1 heterocycles. The van der Waals surface area contributed by atoms with Gasteiger partial charge in [-0.25, -0.2) is 0 Å². The normalized spacial score (nSPS) is 15.3. The maximum Gasteiger partial charge on any atom is 0.417 e. The summed E-state index contributed by atoms with van der Waals surface area (Å²) in [6, 6.07) is 17.4. The Bertz CT molecular complexity index is 1320. The highest BCUT2D eigenvalue weighted by atomic mass is 35.5. The molecule has 0 bridgehead atoms. The molecule has 4 rings (SSSR count). The van der Waals surface area contributed by atoms with Crippen molar-refractivity contribution in [2.45, 2.75) is 25.6 Å². The van der Waals surface area contributed by atoms with Crippen LogP contribution in [0.3, 0.4) is 0 Å². The Morgan fingerprint density at radius 2 is 1.81 bits per heavy atom. The highest BCUT2D eigenvalue weighted by molar-refractivity contribution is 6.31. The van der Waals surface area contributed by atoms with Crippen molar-refractivity contribution in [3.8, 4) is 0 Å². The van der Waals surface area contributed by atoms with Gasteiger partial charge in [0.05, 0.1) is 22.0 Å². The second kappa shape index (κ2) is 10.5. The van der Waals surface area contributed by atoms with Crippen LogP contribution in [0.2, 0.25) is 5.02 Å². The van der Waals surface area contributed by atoms with Crippen LogP contribution in [0.15, 0.2) is 72.3 Å². The lowest BCUT2D eigenvalue weighted by Crippen LogP contribution is -2.36. The predicted octanol–water partition coefficient (Wildman–Crippen LogP) is 6.40. The molecule has 3 aromatic rings. The standard InChI is InChI=1S/C27H23ClF3N3O2/c28-22-12-9-18(15-21(22)27(29,30)31)14-20-4-3-13-34(26(20)36)16-17-7-10-19(11-8-17)25(35)33-24-6-2-1-5-23(24)32/h1-2,5-12,14-15H,3-4,13,16,32H2,(H,33,35)/b20-14+.